The molecule has 7 nitrogen and oxygen atoms in total. The van der Waals surface area contributed by atoms with E-state index in [9.17, 15) is 9.59 Å². The number of rotatable bonds is 9. The summed E-state index contributed by atoms with van der Waals surface area (Å²) in [6.07, 6.45) is -0.0961. The van der Waals surface area contributed by atoms with Gasteiger partial charge >= 0.3 is 12.0 Å². The van der Waals surface area contributed by atoms with Gasteiger partial charge in [0.2, 0.25) is 0 Å². The van der Waals surface area contributed by atoms with E-state index in [-0.39, 0.29) is 38.2 Å². The van der Waals surface area contributed by atoms with Crippen molar-refractivity contribution in [1.82, 2.24) is 9.80 Å². The van der Waals surface area contributed by atoms with Crippen LogP contribution in [0.3, 0.4) is 0 Å². The topological polar surface area (TPSA) is 90.3 Å². The number of nitrogens with zero attached hydrogens (tertiary/aromatic N) is 2. The smallest absolute Gasteiger partial charge is 0.320 e. The first-order valence-corrected chi connectivity index (χ1v) is 6.31. The zero-order valence-electron chi connectivity index (χ0n) is 11.8. The highest BCUT2D eigenvalue weighted by Crippen LogP contribution is 2.06. The molecule has 0 aliphatic carbocycles. The predicted octanol–water partition coefficient (Wildman–Crippen LogP) is 0.232. The summed E-state index contributed by atoms with van der Waals surface area (Å²) in [7, 11) is 1.53. The highest BCUT2D eigenvalue weighted by Gasteiger charge is 2.23. The van der Waals surface area contributed by atoms with E-state index in [1.807, 2.05) is 13.8 Å². The zero-order chi connectivity index (χ0) is 14.8. The van der Waals surface area contributed by atoms with Crippen molar-refractivity contribution in [3.05, 3.63) is 0 Å². The Morgan fingerprint density at radius 2 is 1.84 bits per heavy atom. The second kappa shape index (κ2) is 9.57. The molecular formula is C12H24N2O5. The van der Waals surface area contributed by atoms with Gasteiger partial charge < -0.3 is 24.7 Å². The lowest BCUT2D eigenvalue weighted by atomic mass is 10.3. The summed E-state index contributed by atoms with van der Waals surface area (Å²) in [5, 5.41) is 17.7. The summed E-state index contributed by atoms with van der Waals surface area (Å²) in [5.74, 6) is -0.941. The van der Waals surface area contributed by atoms with Gasteiger partial charge in [-0.3, -0.25) is 4.79 Å². The third-order valence-electron chi connectivity index (χ3n) is 2.64. The summed E-state index contributed by atoms with van der Waals surface area (Å²) in [5.41, 5.74) is 0. The van der Waals surface area contributed by atoms with E-state index < -0.39 is 5.97 Å². The Hall–Kier alpha value is -1.34. The molecular weight excluding hydrogens is 252 g/mol. The molecule has 0 aliphatic heterocycles. The molecule has 0 bridgehead atoms. The largest absolute Gasteiger partial charge is 0.481 e. The second-order valence-electron chi connectivity index (χ2n) is 4.42. The Kier molecular flexibility index (Phi) is 8.90. The van der Waals surface area contributed by atoms with Crippen LogP contribution in [0.1, 0.15) is 20.3 Å². The van der Waals surface area contributed by atoms with E-state index in [0.29, 0.717) is 13.2 Å². The number of ether oxygens (including phenoxy) is 1. The molecule has 0 saturated carbocycles. The van der Waals surface area contributed by atoms with Crippen LogP contribution in [-0.2, 0) is 9.53 Å². The first-order chi connectivity index (χ1) is 8.93. The van der Waals surface area contributed by atoms with Crippen LogP contribution in [0.4, 0.5) is 4.79 Å². The number of methoxy groups -OCH3 is 1. The molecule has 0 aromatic carbocycles. The molecule has 0 aromatic rings. The molecule has 0 rings (SSSR count). The van der Waals surface area contributed by atoms with Crippen LogP contribution in [0, 0.1) is 0 Å². The fourth-order valence-corrected chi connectivity index (χ4v) is 1.60. The third-order valence-corrected chi connectivity index (χ3v) is 2.64. The molecule has 0 aromatic heterocycles. The van der Waals surface area contributed by atoms with Crippen LogP contribution >= 0.6 is 0 Å². The fourth-order valence-electron chi connectivity index (χ4n) is 1.60. The molecule has 0 fully saturated rings. The monoisotopic (exact) mass is 276 g/mol. The number of carboxylic acid groups (broad SMARTS) is 1. The maximum atomic E-state index is 12.3. The highest BCUT2D eigenvalue weighted by atomic mass is 16.5. The van der Waals surface area contributed by atoms with Gasteiger partial charge in [0.15, 0.2) is 0 Å². The fraction of sp³-hybridized carbons (Fsp3) is 0.833. The predicted molar refractivity (Wildman–Crippen MR) is 70.0 cm³/mol. The SMILES string of the molecule is COCCN(CCO)C(=O)N(CCC(=O)O)C(C)C. The number of aliphatic carboxylic acids is 1. The molecule has 2 amide bonds. The molecule has 7 heteroatoms. The van der Waals surface area contributed by atoms with Gasteiger partial charge in [0.25, 0.3) is 0 Å². The molecule has 0 aliphatic rings. The molecule has 0 spiro atoms. The summed E-state index contributed by atoms with van der Waals surface area (Å²) >= 11 is 0. The number of urea groups is 1. The number of amides is 2. The van der Waals surface area contributed by atoms with Crippen LogP contribution in [-0.4, -0.2) is 78.0 Å². The Bertz CT molecular complexity index is 283. The minimum absolute atomic E-state index is 0.0961. The van der Waals surface area contributed by atoms with E-state index in [4.69, 9.17) is 14.9 Å². The average Bonchev–Trinajstić information content (AvgIpc) is 2.33. The number of hydrogen-bond donors (Lipinski definition) is 2. The van der Waals surface area contributed by atoms with Crippen molar-refractivity contribution in [2.45, 2.75) is 26.3 Å². The van der Waals surface area contributed by atoms with E-state index in [0.717, 1.165) is 0 Å². The first-order valence-electron chi connectivity index (χ1n) is 6.31. The Labute approximate surface area is 113 Å². The molecule has 0 saturated heterocycles. The number of carboxylic acids is 1. The van der Waals surface area contributed by atoms with Crippen molar-refractivity contribution >= 4 is 12.0 Å². The summed E-state index contributed by atoms with van der Waals surface area (Å²) in [4.78, 5) is 25.8. The van der Waals surface area contributed by atoms with Gasteiger partial charge in [0.05, 0.1) is 19.6 Å². The van der Waals surface area contributed by atoms with Crippen LogP contribution in [0.15, 0.2) is 0 Å². The summed E-state index contributed by atoms with van der Waals surface area (Å²) in [6, 6.07) is -0.377. The normalized spacial score (nSPS) is 10.6. The Morgan fingerprint density at radius 3 is 2.26 bits per heavy atom. The van der Waals surface area contributed by atoms with Crippen molar-refractivity contribution in [3.63, 3.8) is 0 Å². The van der Waals surface area contributed by atoms with E-state index in [1.165, 1.54) is 16.9 Å². The van der Waals surface area contributed by atoms with Crippen molar-refractivity contribution < 1.29 is 24.5 Å². The van der Waals surface area contributed by atoms with E-state index in [1.54, 1.807) is 0 Å². The average molecular weight is 276 g/mol. The van der Waals surface area contributed by atoms with Crippen molar-refractivity contribution in [3.8, 4) is 0 Å². The number of carbonyl (C=O) groups is 2. The van der Waals surface area contributed by atoms with Gasteiger partial charge in [-0.1, -0.05) is 0 Å². The lowest BCUT2D eigenvalue weighted by molar-refractivity contribution is -0.137. The second-order valence-corrected chi connectivity index (χ2v) is 4.42. The van der Waals surface area contributed by atoms with Crippen LogP contribution in [0.5, 0.6) is 0 Å². The standard InChI is InChI=1S/C12H24N2O5/c1-10(2)14(5-4-11(16)17)12(18)13(6-8-15)7-9-19-3/h10,15H,4-9H2,1-3H3,(H,16,17). The van der Waals surface area contributed by atoms with Crippen molar-refractivity contribution in [1.29, 1.82) is 0 Å². The van der Waals surface area contributed by atoms with Gasteiger partial charge in [-0.2, -0.15) is 0 Å². The minimum atomic E-state index is -0.941. The van der Waals surface area contributed by atoms with Gasteiger partial charge in [0, 0.05) is 32.8 Å². The summed E-state index contributed by atoms with van der Waals surface area (Å²) < 4.78 is 4.92. The van der Waals surface area contributed by atoms with E-state index >= 15 is 0 Å². The molecule has 2 N–H and O–H groups in total. The number of hydrogen-bond acceptors (Lipinski definition) is 4. The van der Waals surface area contributed by atoms with Gasteiger partial charge in [-0.15, -0.1) is 0 Å². The van der Waals surface area contributed by atoms with Crippen LogP contribution in [0.2, 0.25) is 0 Å². The molecule has 0 unspecified atom stereocenters. The molecule has 0 heterocycles. The molecule has 112 valence electrons. The number of aliphatic hydroxyl groups is 1. The highest BCUT2D eigenvalue weighted by molar-refractivity contribution is 5.75. The quantitative estimate of drug-likeness (QED) is 0.629. The number of carbonyl (C=O) groups excluding carboxylic acids is 1. The van der Waals surface area contributed by atoms with Crippen molar-refractivity contribution in [2.75, 3.05) is 40.0 Å². The van der Waals surface area contributed by atoms with Gasteiger partial charge in [-0.05, 0) is 13.8 Å². The zero-order valence-corrected chi connectivity index (χ0v) is 11.8. The maximum absolute atomic E-state index is 12.3. The lowest BCUT2D eigenvalue weighted by Crippen LogP contribution is -2.49. The van der Waals surface area contributed by atoms with E-state index in [2.05, 4.69) is 0 Å². The van der Waals surface area contributed by atoms with Crippen LogP contribution in [0.25, 0.3) is 0 Å². The first kappa shape index (κ1) is 17.7. The Balaban J connectivity index is 4.66. The molecule has 0 radical (unpaired) electrons. The Morgan fingerprint density at radius 1 is 1.21 bits per heavy atom. The third kappa shape index (κ3) is 6.97. The molecule has 0 atom stereocenters. The minimum Gasteiger partial charge on any atom is -0.481 e. The molecule has 19 heavy (non-hydrogen) atoms. The maximum Gasteiger partial charge on any atom is 0.320 e. The number of aliphatic hydroxyl groups excluding tert-OH is 1. The van der Waals surface area contributed by atoms with Gasteiger partial charge in [0.1, 0.15) is 0 Å². The van der Waals surface area contributed by atoms with Crippen molar-refractivity contribution in [2.24, 2.45) is 0 Å². The summed E-state index contributed by atoms with van der Waals surface area (Å²) in [6.45, 7) is 4.61. The lowest BCUT2D eigenvalue weighted by Gasteiger charge is -2.32. The van der Waals surface area contributed by atoms with Gasteiger partial charge in [-0.25, -0.2) is 4.79 Å². The van der Waals surface area contributed by atoms with Crippen LogP contribution < -0.4 is 0 Å².